The van der Waals surface area contributed by atoms with Crippen LogP contribution in [0.1, 0.15) is 39.4 Å². The van der Waals surface area contributed by atoms with Crippen molar-refractivity contribution in [3.8, 4) is 11.5 Å². The first-order valence-electron chi connectivity index (χ1n) is 16.4. The van der Waals surface area contributed by atoms with Crippen LogP contribution in [0.4, 0.5) is 5.13 Å². The van der Waals surface area contributed by atoms with E-state index in [2.05, 4.69) is 10.2 Å². The number of thioether (sulfide) groups is 1. The second-order valence-corrected chi connectivity index (χ2v) is 14.6. The standard InChI is InChI=1S/C41H32ClN3O5S2/c1-26-9-5-6-12-30(26)24-50-33-21-17-29(18-22-33)37(46)35-36(28-15-19-32(20-16-28)49-23-27-10-3-2-4-11-27)45(39(48)38(35)47)40-43-44-41(52-40)51-25-31-13-7-8-14-34(31)42/h2-22,36,46H,23-25H2,1H3. The number of hydrogen-bond acceptors (Lipinski definition) is 9. The third-order valence-electron chi connectivity index (χ3n) is 8.58. The molecule has 11 heteroatoms. The number of amides is 1. The van der Waals surface area contributed by atoms with Gasteiger partial charge in [0.1, 0.15) is 30.5 Å². The molecule has 1 atom stereocenters. The van der Waals surface area contributed by atoms with Crippen molar-refractivity contribution in [2.75, 3.05) is 4.90 Å². The highest BCUT2D eigenvalue weighted by Crippen LogP contribution is 2.44. The molecule has 1 saturated heterocycles. The van der Waals surface area contributed by atoms with Gasteiger partial charge in [-0.1, -0.05) is 120 Å². The maximum absolute atomic E-state index is 13.8. The maximum Gasteiger partial charge on any atom is 0.301 e. The van der Waals surface area contributed by atoms with Gasteiger partial charge in [0.25, 0.3) is 5.78 Å². The lowest BCUT2D eigenvalue weighted by Crippen LogP contribution is -2.29. The molecular weight excluding hydrogens is 714 g/mol. The fourth-order valence-corrected chi connectivity index (χ4v) is 7.90. The molecular formula is C41H32ClN3O5S2. The summed E-state index contributed by atoms with van der Waals surface area (Å²) in [7, 11) is 0. The second-order valence-electron chi connectivity index (χ2n) is 12.0. The maximum atomic E-state index is 13.8. The number of Topliss-reactive ketones (excluding diaryl/α,β-unsaturated/α-hetero) is 1. The first-order chi connectivity index (χ1) is 25.4. The predicted molar refractivity (Wildman–Crippen MR) is 205 cm³/mol. The number of rotatable bonds is 12. The number of aliphatic hydroxyl groups excluding tert-OH is 1. The largest absolute Gasteiger partial charge is 0.507 e. The zero-order chi connectivity index (χ0) is 36.0. The van der Waals surface area contributed by atoms with Crippen LogP contribution in [0.5, 0.6) is 11.5 Å². The van der Waals surface area contributed by atoms with E-state index in [0.29, 0.717) is 51.0 Å². The Morgan fingerprint density at radius 3 is 2.13 bits per heavy atom. The first kappa shape index (κ1) is 35.0. The van der Waals surface area contributed by atoms with Crippen molar-refractivity contribution in [3.05, 3.63) is 171 Å². The van der Waals surface area contributed by atoms with E-state index < -0.39 is 17.7 Å². The quantitative estimate of drug-likeness (QED) is 0.0435. The van der Waals surface area contributed by atoms with Crippen molar-refractivity contribution in [2.45, 2.75) is 36.3 Å². The summed E-state index contributed by atoms with van der Waals surface area (Å²) >= 11 is 8.97. The number of halogens is 1. The number of hydrogen-bond donors (Lipinski definition) is 1. The zero-order valence-corrected chi connectivity index (χ0v) is 30.3. The fourth-order valence-electron chi connectivity index (χ4n) is 5.74. The third kappa shape index (κ3) is 7.74. The molecule has 8 nitrogen and oxygen atoms in total. The predicted octanol–water partition coefficient (Wildman–Crippen LogP) is 9.58. The van der Waals surface area contributed by atoms with Crippen LogP contribution in [0.2, 0.25) is 5.02 Å². The van der Waals surface area contributed by atoms with E-state index in [4.69, 9.17) is 21.1 Å². The Morgan fingerprint density at radius 2 is 1.42 bits per heavy atom. The number of aromatic nitrogens is 2. The Labute approximate surface area is 314 Å². The van der Waals surface area contributed by atoms with Gasteiger partial charge < -0.3 is 14.6 Å². The van der Waals surface area contributed by atoms with E-state index in [1.165, 1.54) is 28.0 Å². The van der Waals surface area contributed by atoms with Crippen molar-refractivity contribution < 1.29 is 24.2 Å². The van der Waals surface area contributed by atoms with E-state index in [9.17, 15) is 14.7 Å². The number of carbonyl (C=O) groups is 2. The van der Waals surface area contributed by atoms with Crippen LogP contribution in [0.3, 0.4) is 0 Å². The topological polar surface area (TPSA) is 102 Å². The Kier molecular flexibility index (Phi) is 10.7. The molecule has 7 rings (SSSR count). The van der Waals surface area contributed by atoms with E-state index in [1.807, 2.05) is 85.8 Å². The summed E-state index contributed by atoms with van der Waals surface area (Å²) in [5, 5.41) is 21.2. The summed E-state index contributed by atoms with van der Waals surface area (Å²) in [4.78, 5) is 28.9. The highest BCUT2D eigenvalue weighted by molar-refractivity contribution is 8.00. The van der Waals surface area contributed by atoms with Gasteiger partial charge in [-0.2, -0.15) is 0 Å². The summed E-state index contributed by atoms with van der Waals surface area (Å²) in [6.45, 7) is 2.79. The van der Waals surface area contributed by atoms with Gasteiger partial charge in [-0.3, -0.25) is 14.5 Å². The molecule has 0 radical (unpaired) electrons. The molecule has 1 aliphatic rings. The number of nitrogens with zero attached hydrogens (tertiary/aromatic N) is 3. The van der Waals surface area contributed by atoms with Crippen LogP contribution in [0, 0.1) is 6.92 Å². The SMILES string of the molecule is Cc1ccccc1COc1ccc(C(O)=C2C(=O)C(=O)N(c3nnc(SCc4ccccc4Cl)s3)C2c2ccc(OCc3ccccc3)cc2)cc1. The van der Waals surface area contributed by atoms with E-state index in [-0.39, 0.29) is 16.5 Å². The van der Waals surface area contributed by atoms with Gasteiger partial charge in [0.05, 0.1) is 11.6 Å². The van der Waals surface area contributed by atoms with Crippen LogP contribution >= 0.6 is 34.7 Å². The van der Waals surface area contributed by atoms with Crippen LogP contribution in [0.15, 0.2) is 137 Å². The van der Waals surface area contributed by atoms with Gasteiger partial charge in [-0.25, -0.2) is 0 Å². The van der Waals surface area contributed by atoms with Crippen molar-refractivity contribution >= 4 is 57.3 Å². The molecule has 1 aliphatic heterocycles. The number of ketones is 1. The molecule has 0 aliphatic carbocycles. The van der Waals surface area contributed by atoms with Crippen molar-refractivity contribution in [1.29, 1.82) is 0 Å². The van der Waals surface area contributed by atoms with Crippen LogP contribution in [0.25, 0.3) is 5.76 Å². The number of aliphatic hydroxyl groups is 1. The van der Waals surface area contributed by atoms with Crippen LogP contribution in [-0.2, 0) is 28.6 Å². The molecule has 260 valence electrons. The average molecular weight is 746 g/mol. The summed E-state index contributed by atoms with van der Waals surface area (Å²) in [6, 6.07) is 38.3. The molecule has 6 aromatic rings. The molecule has 1 N–H and O–H groups in total. The van der Waals surface area contributed by atoms with Crippen molar-refractivity contribution in [3.63, 3.8) is 0 Å². The third-order valence-corrected chi connectivity index (χ3v) is 11.1. The second kappa shape index (κ2) is 15.9. The van der Waals surface area contributed by atoms with E-state index in [1.54, 1.807) is 48.5 Å². The minimum Gasteiger partial charge on any atom is -0.507 e. The lowest BCUT2D eigenvalue weighted by molar-refractivity contribution is -0.132. The summed E-state index contributed by atoms with van der Waals surface area (Å²) in [5.74, 6) is -0.191. The van der Waals surface area contributed by atoms with E-state index >= 15 is 0 Å². The molecule has 5 aromatic carbocycles. The Bertz CT molecular complexity index is 2240. The number of anilines is 1. The average Bonchev–Trinajstić information content (AvgIpc) is 3.75. The molecule has 0 spiro atoms. The van der Waals surface area contributed by atoms with Crippen molar-refractivity contribution in [1.82, 2.24) is 10.2 Å². The highest BCUT2D eigenvalue weighted by Gasteiger charge is 2.48. The van der Waals surface area contributed by atoms with E-state index in [0.717, 1.165) is 22.3 Å². The molecule has 1 unspecified atom stereocenters. The molecule has 1 amide bonds. The number of aryl methyl sites for hydroxylation is 1. The van der Waals surface area contributed by atoms with Gasteiger partial charge in [0.15, 0.2) is 4.34 Å². The number of benzene rings is 5. The lowest BCUT2D eigenvalue weighted by atomic mass is 9.95. The smallest absolute Gasteiger partial charge is 0.301 e. The van der Waals surface area contributed by atoms with Gasteiger partial charge in [-0.15, -0.1) is 10.2 Å². The van der Waals surface area contributed by atoms with Gasteiger partial charge in [0.2, 0.25) is 5.13 Å². The molecule has 52 heavy (non-hydrogen) atoms. The van der Waals surface area contributed by atoms with Crippen LogP contribution in [-0.4, -0.2) is 27.0 Å². The summed E-state index contributed by atoms with van der Waals surface area (Å²) in [6.07, 6.45) is 0. The Hall–Kier alpha value is -5.42. The van der Waals surface area contributed by atoms with Gasteiger partial charge in [0, 0.05) is 16.3 Å². The van der Waals surface area contributed by atoms with Gasteiger partial charge in [-0.05, 0) is 77.2 Å². The molecule has 1 fully saturated rings. The Balaban J connectivity index is 1.18. The van der Waals surface area contributed by atoms with Crippen molar-refractivity contribution in [2.24, 2.45) is 0 Å². The molecule has 2 heterocycles. The van der Waals surface area contributed by atoms with Gasteiger partial charge >= 0.3 is 5.91 Å². The number of carbonyl (C=O) groups excluding carboxylic acids is 2. The zero-order valence-electron chi connectivity index (χ0n) is 27.9. The summed E-state index contributed by atoms with van der Waals surface area (Å²) < 4.78 is 12.6. The normalized spacial score (nSPS) is 15.2. The Morgan fingerprint density at radius 1 is 0.788 bits per heavy atom. The van der Waals surface area contributed by atoms with Crippen LogP contribution < -0.4 is 14.4 Å². The number of ether oxygens (including phenoxy) is 2. The minimum atomic E-state index is -0.977. The lowest BCUT2D eigenvalue weighted by Gasteiger charge is -2.22. The molecule has 0 bridgehead atoms. The molecule has 1 aromatic heterocycles. The first-order valence-corrected chi connectivity index (χ1v) is 18.6. The minimum absolute atomic E-state index is 0.0583. The highest BCUT2D eigenvalue weighted by atomic mass is 35.5. The summed E-state index contributed by atoms with van der Waals surface area (Å²) in [5.41, 5.74) is 5.04. The molecule has 0 saturated carbocycles. The monoisotopic (exact) mass is 745 g/mol. The fraction of sp³-hybridized carbons (Fsp3) is 0.122.